The number of allylic oxidation sites excluding steroid dienone is 2. The summed E-state index contributed by atoms with van der Waals surface area (Å²) in [6.07, 6.45) is 4.70. The summed E-state index contributed by atoms with van der Waals surface area (Å²) < 4.78 is 68.3. The summed E-state index contributed by atoms with van der Waals surface area (Å²) in [5.41, 5.74) is 0.901. The number of aromatic nitrogens is 1. The van der Waals surface area contributed by atoms with Crippen LogP contribution in [-0.2, 0) is 10.0 Å². The molecule has 0 unspecified atom stereocenters. The molecule has 3 aromatic rings. The van der Waals surface area contributed by atoms with E-state index in [2.05, 4.69) is 29.6 Å². The number of aromatic carboxylic acids is 1. The molecular formula is C26H26F2N2O6S2. The summed E-state index contributed by atoms with van der Waals surface area (Å²) in [6, 6.07) is 4.86. The molecule has 0 fully saturated rings. The number of nitrogens with zero attached hydrogens (tertiary/aromatic N) is 1. The van der Waals surface area contributed by atoms with Crippen LogP contribution < -0.4 is 14.2 Å². The second-order valence-electron chi connectivity index (χ2n) is 9.54. The lowest BCUT2D eigenvalue weighted by Gasteiger charge is -2.29. The number of methoxy groups -OCH3 is 2. The van der Waals surface area contributed by atoms with Crippen molar-refractivity contribution in [1.29, 1.82) is 0 Å². The molecular weight excluding hydrogens is 538 g/mol. The van der Waals surface area contributed by atoms with Gasteiger partial charge in [-0.1, -0.05) is 26.0 Å². The van der Waals surface area contributed by atoms with Crippen LogP contribution >= 0.6 is 11.3 Å². The highest BCUT2D eigenvalue weighted by atomic mass is 32.2. The van der Waals surface area contributed by atoms with Crippen LogP contribution in [-0.4, -0.2) is 38.7 Å². The monoisotopic (exact) mass is 564 g/mol. The molecule has 0 radical (unpaired) electrons. The van der Waals surface area contributed by atoms with Crippen LogP contribution in [0.25, 0.3) is 16.1 Å². The van der Waals surface area contributed by atoms with Crippen LogP contribution in [0.2, 0.25) is 0 Å². The van der Waals surface area contributed by atoms with E-state index < -0.39 is 38.2 Å². The van der Waals surface area contributed by atoms with Gasteiger partial charge in [0.1, 0.15) is 16.6 Å². The molecule has 0 atom stereocenters. The molecule has 0 saturated heterocycles. The molecule has 2 aromatic carbocycles. The summed E-state index contributed by atoms with van der Waals surface area (Å²) in [5, 5.41) is 9.98. The van der Waals surface area contributed by atoms with Crippen LogP contribution in [0, 0.1) is 17.0 Å². The molecule has 1 aliphatic rings. The summed E-state index contributed by atoms with van der Waals surface area (Å²) in [6.45, 7) is 4.36. The van der Waals surface area contributed by atoms with Crippen LogP contribution in [0.4, 0.5) is 14.5 Å². The smallest absolute Gasteiger partial charge is 0.338 e. The van der Waals surface area contributed by atoms with Gasteiger partial charge in [0.2, 0.25) is 0 Å². The highest BCUT2D eigenvalue weighted by molar-refractivity contribution is 7.92. The van der Waals surface area contributed by atoms with Crippen LogP contribution in [0.3, 0.4) is 0 Å². The van der Waals surface area contributed by atoms with E-state index in [-0.39, 0.29) is 33.2 Å². The summed E-state index contributed by atoms with van der Waals surface area (Å²) in [4.78, 5) is 15.3. The molecule has 1 aromatic heterocycles. The third kappa shape index (κ3) is 5.37. The molecule has 202 valence electrons. The molecule has 12 heteroatoms. The molecule has 38 heavy (non-hydrogen) atoms. The zero-order chi connectivity index (χ0) is 27.8. The van der Waals surface area contributed by atoms with Crippen LogP contribution in [0.1, 0.15) is 49.0 Å². The lowest BCUT2D eigenvalue weighted by molar-refractivity contribution is 0.0691. The van der Waals surface area contributed by atoms with Gasteiger partial charge in [-0.05, 0) is 42.4 Å². The van der Waals surface area contributed by atoms with Gasteiger partial charge in [0.15, 0.2) is 16.6 Å². The average Bonchev–Trinajstić information content (AvgIpc) is 3.35. The molecule has 0 saturated carbocycles. The summed E-state index contributed by atoms with van der Waals surface area (Å²) >= 11 is 0.911. The van der Waals surface area contributed by atoms with E-state index >= 15 is 4.39 Å². The Hall–Kier alpha value is -3.51. The van der Waals surface area contributed by atoms with Gasteiger partial charge < -0.3 is 14.6 Å². The number of ether oxygens (including phenoxy) is 2. The van der Waals surface area contributed by atoms with Gasteiger partial charge in [-0.2, -0.15) is 8.42 Å². The maximum atomic E-state index is 15.6. The van der Waals surface area contributed by atoms with Gasteiger partial charge in [-0.3, -0.25) is 4.72 Å². The molecule has 1 aliphatic carbocycles. The third-order valence-corrected chi connectivity index (χ3v) is 8.65. The molecule has 0 amide bonds. The quantitative estimate of drug-likeness (QED) is 0.335. The maximum absolute atomic E-state index is 15.6. The Morgan fingerprint density at radius 3 is 2.47 bits per heavy atom. The van der Waals surface area contributed by atoms with E-state index in [4.69, 9.17) is 14.6 Å². The van der Waals surface area contributed by atoms with Crippen molar-refractivity contribution in [2.75, 3.05) is 18.9 Å². The number of hydrogen-bond donors (Lipinski definition) is 2. The fourth-order valence-electron chi connectivity index (χ4n) is 4.16. The molecule has 0 spiro atoms. The van der Waals surface area contributed by atoms with E-state index in [0.29, 0.717) is 11.6 Å². The Kier molecular flexibility index (Phi) is 7.48. The van der Waals surface area contributed by atoms with Crippen molar-refractivity contribution in [3.63, 3.8) is 0 Å². The Labute approximate surface area is 223 Å². The van der Waals surface area contributed by atoms with Crippen molar-refractivity contribution < 1.29 is 36.6 Å². The summed E-state index contributed by atoms with van der Waals surface area (Å²) in [7, 11) is -1.80. The number of sulfonamides is 1. The largest absolute Gasteiger partial charge is 0.495 e. The van der Waals surface area contributed by atoms with Crippen molar-refractivity contribution in [1.82, 2.24) is 4.98 Å². The number of nitrogens with one attached hydrogen (secondary N) is 1. The number of hydrogen-bond acceptors (Lipinski definition) is 7. The topological polar surface area (TPSA) is 115 Å². The highest BCUT2D eigenvalue weighted by Crippen LogP contribution is 2.43. The van der Waals surface area contributed by atoms with E-state index in [1.807, 2.05) is 0 Å². The fraction of sp³-hybridized carbons (Fsp3) is 0.308. The van der Waals surface area contributed by atoms with Crippen molar-refractivity contribution in [3.8, 4) is 22.1 Å². The number of carboxylic acid groups (broad SMARTS) is 1. The SMILES string of the molecule is COc1cc(C(=O)O)c(F)cc1NS(=O)(=O)c1csc(-c2ccc(C3=CCC(C)(C)CC3)c(OC)c2F)n1. The summed E-state index contributed by atoms with van der Waals surface area (Å²) in [5.74, 6) is -3.48. The highest BCUT2D eigenvalue weighted by Gasteiger charge is 2.27. The lowest BCUT2D eigenvalue weighted by atomic mass is 9.77. The number of benzene rings is 2. The maximum Gasteiger partial charge on any atom is 0.338 e. The fourth-order valence-corrected chi connectivity index (χ4v) is 6.34. The van der Waals surface area contributed by atoms with Gasteiger partial charge in [0.05, 0.1) is 31.0 Å². The van der Waals surface area contributed by atoms with Gasteiger partial charge in [-0.25, -0.2) is 18.6 Å². The normalized spacial score (nSPS) is 15.1. The minimum Gasteiger partial charge on any atom is -0.495 e. The van der Waals surface area contributed by atoms with E-state index in [1.54, 1.807) is 12.1 Å². The van der Waals surface area contributed by atoms with E-state index in [1.165, 1.54) is 19.6 Å². The lowest BCUT2D eigenvalue weighted by Crippen LogP contribution is -2.15. The second kappa shape index (κ2) is 10.3. The molecule has 2 N–H and O–H groups in total. The predicted octanol–water partition coefficient (Wildman–Crippen LogP) is 6.20. The molecule has 0 aliphatic heterocycles. The van der Waals surface area contributed by atoms with Crippen LogP contribution in [0.15, 0.2) is 40.7 Å². The Morgan fingerprint density at radius 1 is 1.16 bits per heavy atom. The molecule has 0 bridgehead atoms. The second-order valence-corrected chi connectivity index (χ2v) is 12.0. The van der Waals surface area contributed by atoms with Gasteiger partial charge in [0, 0.05) is 17.0 Å². The zero-order valence-electron chi connectivity index (χ0n) is 21.1. The Bertz CT molecular complexity index is 1550. The standard InChI is InChI=1S/C26H26F2N2O6S2/c1-26(2)9-7-14(8-10-26)15-5-6-16(22(28)23(15)36-4)24-29-21(13-37-24)38(33,34)30-19-12-18(27)17(25(31)32)11-20(19)35-3/h5-7,11-13,30H,8-10H2,1-4H3,(H,31,32). The molecule has 8 nitrogen and oxygen atoms in total. The minimum absolute atomic E-state index is 0.0601. The third-order valence-electron chi connectivity index (χ3n) is 6.37. The number of carboxylic acids is 1. The van der Waals surface area contributed by atoms with Crippen molar-refractivity contribution >= 4 is 38.6 Å². The first-order valence-electron chi connectivity index (χ1n) is 11.5. The number of halogens is 2. The van der Waals surface area contributed by atoms with Gasteiger partial charge in [-0.15, -0.1) is 11.3 Å². The van der Waals surface area contributed by atoms with Crippen molar-refractivity contribution in [3.05, 3.63) is 58.5 Å². The average molecular weight is 565 g/mol. The van der Waals surface area contributed by atoms with Gasteiger partial charge in [0.25, 0.3) is 10.0 Å². The first-order valence-corrected chi connectivity index (χ1v) is 13.9. The van der Waals surface area contributed by atoms with E-state index in [9.17, 15) is 17.6 Å². The number of rotatable bonds is 8. The Morgan fingerprint density at radius 2 is 1.87 bits per heavy atom. The van der Waals surface area contributed by atoms with Crippen molar-refractivity contribution in [2.45, 2.75) is 38.1 Å². The number of anilines is 1. The van der Waals surface area contributed by atoms with Crippen LogP contribution in [0.5, 0.6) is 11.5 Å². The minimum atomic E-state index is -4.36. The number of thiazole rings is 1. The molecule has 4 rings (SSSR count). The zero-order valence-corrected chi connectivity index (χ0v) is 22.7. The first-order chi connectivity index (χ1) is 17.9. The van der Waals surface area contributed by atoms with Gasteiger partial charge >= 0.3 is 5.97 Å². The first kappa shape index (κ1) is 27.5. The molecule has 1 heterocycles. The number of carbonyl (C=O) groups is 1. The Balaban J connectivity index is 1.66. The van der Waals surface area contributed by atoms with Crippen molar-refractivity contribution in [2.24, 2.45) is 5.41 Å². The predicted molar refractivity (Wildman–Crippen MR) is 140 cm³/mol. The van der Waals surface area contributed by atoms with E-state index in [0.717, 1.165) is 42.2 Å².